The first kappa shape index (κ1) is 20.1. The quantitative estimate of drug-likeness (QED) is 0.617. The minimum Gasteiger partial charge on any atom is -0.480 e. The van der Waals surface area contributed by atoms with Crippen LogP contribution in [-0.4, -0.2) is 38.1 Å². The molecule has 1 aromatic carbocycles. The first-order valence-electron chi connectivity index (χ1n) is 7.79. The molecule has 2 N–H and O–H groups in total. The first-order valence-corrected chi connectivity index (χ1v) is 9.28. The monoisotopic (exact) mass is 357 g/mol. The van der Waals surface area contributed by atoms with Crippen LogP contribution in [0.3, 0.4) is 0 Å². The molecule has 1 atom stereocenters. The Hall–Kier alpha value is -1.93. The van der Waals surface area contributed by atoms with Gasteiger partial charge in [0.2, 0.25) is 10.0 Å². The fraction of sp³-hybridized carbons (Fsp3) is 0.500. The molecule has 0 heterocycles. The van der Waals surface area contributed by atoms with Gasteiger partial charge in [0.05, 0.1) is 17.9 Å². The van der Waals surface area contributed by atoms with Crippen LogP contribution in [0.25, 0.3) is 0 Å². The first-order chi connectivity index (χ1) is 11.3. The van der Waals surface area contributed by atoms with Crippen molar-refractivity contribution in [2.24, 2.45) is 0 Å². The molecule has 0 radical (unpaired) electrons. The Morgan fingerprint density at radius 2 is 2.00 bits per heavy atom. The lowest BCUT2D eigenvalue weighted by atomic mass is 10.1. The van der Waals surface area contributed by atoms with Gasteiger partial charge in [-0.1, -0.05) is 31.9 Å². The number of hydrogen-bond donors (Lipinski definition) is 2. The lowest BCUT2D eigenvalue weighted by Gasteiger charge is -2.15. The highest BCUT2D eigenvalue weighted by Gasteiger charge is 2.25. The number of benzene rings is 1. The molecule has 0 aliphatic heterocycles. The van der Waals surface area contributed by atoms with Crippen molar-refractivity contribution in [1.29, 1.82) is 0 Å². The van der Waals surface area contributed by atoms with Gasteiger partial charge in [0.15, 0.2) is 0 Å². The molecule has 0 aromatic heterocycles. The van der Waals surface area contributed by atoms with E-state index in [0.717, 1.165) is 6.42 Å². The van der Waals surface area contributed by atoms with Gasteiger partial charge >= 0.3 is 11.9 Å². The smallest absolute Gasteiger partial charge is 0.321 e. The summed E-state index contributed by atoms with van der Waals surface area (Å²) in [6.45, 7) is 3.83. The Bertz CT molecular complexity index is 671. The van der Waals surface area contributed by atoms with Crippen LogP contribution in [-0.2, 0) is 30.8 Å². The predicted molar refractivity (Wildman–Crippen MR) is 88.0 cm³/mol. The number of ether oxygens (including phenoxy) is 1. The second kappa shape index (κ2) is 9.39. The second-order valence-corrected chi connectivity index (χ2v) is 7.00. The van der Waals surface area contributed by atoms with E-state index in [2.05, 4.69) is 4.72 Å². The maximum atomic E-state index is 12.4. The molecule has 24 heavy (non-hydrogen) atoms. The van der Waals surface area contributed by atoms with Crippen molar-refractivity contribution in [1.82, 2.24) is 4.72 Å². The maximum absolute atomic E-state index is 12.4. The zero-order chi connectivity index (χ0) is 18.2. The van der Waals surface area contributed by atoms with Gasteiger partial charge in [-0.15, -0.1) is 0 Å². The summed E-state index contributed by atoms with van der Waals surface area (Å²) in [6.07, 6.45) is 1.53. The Labute approximate surface area is 142 Å². The van der Waals surface area contributed by atoms with E-state index < -0.39 is 28.0 Å². The molecule has 0 amide bonds. The van der Waals surface area contributed by atoms with Crippen molar-refractivity contribution in [2.45, 2.75) is 50.5 Å². The molecule has 0 saturated heterocycles. The Morgan fingerprint density at radius 3 is 2.58 bits per heavy atom. The molecule has 8 heteroatoms. The number of esters is 1. The average molecular weight is 357 g/mol. The maximum Gasteiger partial charge on any atom is 0.321 e. The third kappa shape index (κ3) is 6.29. The van der Waals surface area contributed by atoms with E-state index in [1.165, 1.54) is 18.2 Å². The van der Waals surface area contributed by atoms with Gasteiger partial charge in [0.25, 0.3) is 0 Å². The number of sulfonamides is 1. The number of hydrogen-bond acceptors (Lipinski definition) is 5. The molecule has 0 aliphatic rings. The van der Waals surface area contributed by atoms with Gasteiger partial charge in [-0.2, -0.15) is 4.72 Å². The van der Waals surface area contributed by atoms with Crippen LogP contribution in [0, 0.1) is 0 Å². The SMILES string of the molecule is CCCCC(NS(=O)(=O)c1cccc(CC(=O)OCC)c1)C(=O)O. The van der Waals surface area contributed by atoms with Gasteiger partial charge in [-0.3, -0.25) is 9.59 Å². The topological polar surface area (TPSA) is 110 Å². The van der Waals surface area contributed by atoms with Crippen LogP contribution in [0.15, 0.2) is 29.2 Å². The van der Waals surface area contributed by atoms with Crippen LogP contribution in [0.1, 0.15) is 38.7 Å². The van der Waals surface area contributed by atoms with Crippen molar-refractivity contribution >= 4 is 22.0 Å². The number of carbonyl (C=O) groups is 2. The van der Waals surface area contributed by atoms with E-state index in [1.54, 1.807) is 13.0 Å². The van der Waals surface area contributed by atoms with Crippen molar-refractivity contribution < 1.29 is 27.9 Å². The summed E-state index contributed by atoms with van der Waals surface area (Å²) < 4.78 is 31.8. The highest BCUT2D eigenvalue weighted by atomic mass is 32.2. The fourth-order valence-electron chi connectivity index (χ4n) is 2.10. The number of carboxylic acid groups (broad SMARTS) is 1. The number of nitrogens with one attached hydrogen (secondary N) is 1. The van der Waals surface area contributed by atoms with Gasteiger partial charge in [0, 0.05) is 0 Å². The van der Waals surface area contributed by atoms with E-state index in [1.807, 2.05) is 6.92 Å². The third-order valence-corrected chi connectivity index (χ3v) is 4.77. The molecule has 1 rings (SSSR count). The van der Waals surface area contributed by atoms with Crippen LogP contribution in [0.5, 0.6) is 0 Å². The number of carboxylic acids is 1. The van der Waals surface area contributed by atoms with E-state index >= 15 is 0 Å². The van der Waals surface area contributed by atoms with E-state index in [-0.39, 0.29) is 24.3 Å². The molecule has 1 aromatic rings. The molecule has 134 valence electrons. The Kier molecular flexibility index (Phi) is 7.87. The molecular formula is C16H23NO6S. The van der Waals surface area contributed by atoms with Crippen LogP contribution in [0.4, 0.5) is 0 Å². The van der Waals surface area contributed by atoms with Gasteiger partial charge < -0.3 is 9.84 Å². The number of unbranched alkanes of at least 4 members (excludes halogenated alkanes) is 1. The van der Waals surface area contributed by atoms with Crippen LogP contribution < -0.4 is 4.72 Å². The number of aliphatic carboxylic acids is 1. The van der Waals surface area contributed by atoms with E-state index in [4.69, 9.17) is 9.84 Å². The average Bonchev–Trinajstić information content (AvgIpc) is 2.51. The standard InChI is InChI=1S/C16H23NO6S/c1-3-5-9-14(16(19)20)17-24(21,22)13-8-6-7-12(10-13)11-15(18)23-4-2/h6-8,10,14,17H,3-5,9,11H2,1-2H3,(H,19,20). The minimum atomic E-state index is -3.99. The van der Waals surface area contributed by atoms with Crippen LogP contribution in [0.2, 0.25) is 0 Å². The van der Waals surface area contributed by atoms with Crippen molar-refractivity contribution in [3.05, 3.63) is 29.8 Å². The van der Waals surface area contributed by atoms with Gasteiger partial charge in [-0.05, 0) is 31.0 Å². The fourth-order valence-corrected chi connectivity index (χ4v) is 3.39. The second-order valence-electron chi connectivity index (χ2n) is 5.28. The molecular weight excluding hydrogens is 334 g/mol. The zero-order valence-electron chi connectivity index (χ0n) is 13.8. The number of rotatable bonds is 10. The largest absolute Gasteiger partial charge is 0.480 e. The predicted octanol–water partition coefficient (Wildman–Crippen LogP) is 1.71. The summed E-state index contributed by atoms with van der Waals surface area (Å²) in [4.78, 5) is 22.6. The minimum absolute atomic E-state index is 0.0462. The normalized spacial score (nSPS) is 12.6. The molecule has 1 unspecified atom stereocenters. The third-order valence-electron chi connectivity index (χ3n) is 3.30. The van der Waals surface area contributed by atoms with Gasteiger partial charge in [0.1, 0.15) is 6.04 Å². The number of carbonyl (C=O) groups excluding carboxylic acids is 1. The van der Waals surface area contributed by atoms with Crippen molar-refractivity contribution in [2.75, 3.05) is 6.61 Å². The van der Waals surface area contributed by atoms with E-state index in [9.17, 15) is 18.0 Å². The summed E-state index contributed by atoms with van der Waals surface area (Å²) >= 11 is 0. The molecule has 0 spiro atoms. The summed E-state index contributed by atoms with van der Waals surface area (Å²) in [5, 5.41) is 9.15. The van der Waals surface area contributed by atoms with Crippen molar-refractivity contribution in [3.63, 3.8) is 0 Å². The molecule has 7 nitrogen and oxygen atoms in total. The summed E-state index contributed by atoms with van der Waals surface area (Å²) in [6, 6.07) is 4.64. The Morgan fingerprint density at radius 1 is 1.29 bits per heavy atom. The molecule has 0 fully saturated rings. The van der Waals surface area contributed by atoms with Crippen molar-refractivity contribution in [3.8, 4) is 0 Å². The van der Waals surface area contributed by atoms with Gasteiger partial charge in [-0.25, -0.2) is 8.42 Å². The van der Waals surface area contributed by atoms with E-state index in [0.29, 0.717) is 12.0 Å². The molecule has 0 aliphatic carbocycles. The highest BCUT2D eigenvalue weighted by Crippen LogP contribution is 2.14. The zero-order valence-corrected chi connectivity index (χ0v) is 14.6. The summed E-state index contributed by atoms with van der Waals surface area (Å²) in [7, 11) is -3.99. The lowest BCUT2D eigenvalue weighted by molar-refractivity contribution is -0.142. The highest BCUT2D eigenvalue weighted by molar-refractivity contribution is 7.89. The van der Waals surface area contributed by atoms with Crippen LogP contribution >= 0.6 is 0 Å². The summed E-state index contributed by atoms with van der Waals surface area (Å²) in [5.41, 5.74) is 0.483. The Balaban J connectivity index is 2.93. The lowest BCUT2D eigenvalue weighted by Crippen LogP contribution is -2.40. The molecule has 0 saturated carbocycles. The summed E-state index contributed by atoms with van der Waals surface area (Å²) in [5.74, 6) is -1.67. The molecule has 0 bridgehead atoms.